The first kappa shape index (κ1) is 22.2. The summed E-state index contributed by atoms with van der Waals surface area (Å²) < 4.78 is 5.24. The Morgan fingerprint density at radius 3 is 2.33 bits per heavy atom. The molecular weight excluding hydrogens is 414 g/mol. The van der Waals surface area contributed by atoms with Crippen LogP contribution in [0.2, 0.25) is 0 Å². The van der Waals surface area contributed by atoms with Gasteiger partial charge in [0.1, 0.15) is 0 Å². The summed E-state index contributed by atoms with van der Waals surface area (Å²) in [6, 6.07) is 16.3. The predicted octanol–water partition coefficient (Wildman–Crippen LogP) is 3.35. The number of phenolic OH excluding ortho intramolecular Hbond substituents is 1. The fraction of sp³-hybridized carbons (Fsp3) is 0.519. The molecule has 5 rings (SSSR count). The van der Waals surface area contributed by atoms with E-state index in [9.17, 15) is 9.90 Å². The van der Waals surface area contributed by atoms with Crippen LogP contribution in [0.1, 0.15) is 30.4 Å². The molecule has 0 bridgehead atoms. The number of rotatable bonds is 6. The molecule has 0 aromatic heterocycles. The van der Waals surface area contributed by atoms with Crippen molar-refractivity contribution in [2.75, 3.05) is 46.4 Å². The highest BCUT2D eigenvalue weighted by molar-refractivity contribution is 5.83. The van der Waals surface area contributed by atoms with E-state index in [0.29, 0.717) is 11.7 Å². The first-order chi connectivity index (χ1) is 16.1. The lowest BCUT2D eigenvalue weighted by Crippen LogP contribution is -2.49. The van der Waals surface area contributed by atoms with Gasteiger partial charge in [0.2, 0.25) is 5.91 Å². The Balaban J connectivity index is 1.09. The van der Waals surface area contributed by atoms with Crippen LogP contribution in [0.4, 0.5) is 0 Å². The summed E-state index contributed by atoms with van der Waals surface area (Å²) in [7, 11) is 1.58. The summed E-state index contributed by atoms with van der Waals surface area (Å²) in [6.45, 7) is 7.25. The van der Waals surface area contributed by atoms with Crippen molar-refractivity contribution in [1.29, 1.82) is 0 Å². The van der Waals surface area contributed by atoms with Crippen molar-refractivity contribution in [2.24, 2.45) is 11.3 Å². The number of hydrogen-bond donors (Lipinski definition) is 1. The molecule has 2 heterocycles. The Morgan fingerprint density at radius 2 is 1.64 bits per heavy atom. The Morgan fingerprint density at radius 1 is 0.939 bits per heavy atom. The van der Waals surface area contributed by atoms with Crippen LogP contribution in [0.3, 0.4) is 0 Å². The van der Waals surface area contributed by atoms with Crippen molar-refractivity contribution in [3.05, 3.63) is 59.7 Å². The number of methoxy groups -OCH3 is 1. The molecule has 1 saturated carbocycles. The van der Waals surface area contributed by atoms with Crippen LogP contribution < -0.4 is 4.74 Å². The zero-order valence-electron chi connectivity index (χ0n) is 19.6. The van der Waals surface area contributed by atoms with Gasteiger partial charge in [0.15, 0.2) is 11.5 Å². The second-order valence-corrected chi connectivity index (χ2v) is 9.95. The fourth-order valence-electron chi connectivity index (χ4n) is 5.70. The molecular formula is C27H35N3O3. The van der Waals surface area contributed by atoms with E-state index < -0.39 is 0 Å². The maximum atomic E-state index is 13.2. The van der Waals surface area contributed by atoms with E-state index in [1.165, 1.54) is 5.56 Å². The smallest absolute Gasteiger partial charge is 0.226 e. The molecule has 6 heteroatoms. The van der Waals surface area contributed by atoms with Gasteiger partial charge in [0, 0.05) is 50.7 Å². The Bertz CT molecular complexity index is 964. The summed E-state index contributed by atoms with van der Waals surface area (Å²) in [5, 5.41) is 10.4. The van der Waals surface area contributed by atoms with E-state index in [2.05, 4.69) is 45.0 Å². The molecule has 3 fully saturated rings. The van der Waals surface area contributed by atoms with Crippen LogP contribution >= 0.6 is 0 Å². The van der Waals surface area contributed by atoms with Gasteiger partial charge in [0.25, 0.3) is 0 Å². The summed E-state index contributed by atoms with van der Waals surface area (Å²) in [5.41, 5.74) is 2.46. The van der Waals surface area contributed by atoms with Crippen molar-refractivity contribution in [3.63, 3.8) is 0 Å². The van der Waals surface area contributed by atoms with E-state index in [0.717, 1.165) is 77.2 Å². The Kier molecular flexibility index (Phi) is 6.30. The maximum Gasteiger partial charge on any atom is 0.226 e. The summed E-state index contributed by atoms with van der Waals surface area (Å²) in [4.78, 5) is 20.2. The lowest BCUT2D eigenvalue weighted by molar-refractivity contribution is -0.135. The zero-order valence-corrected chi connectivity index (χ0v) is 19.6. The second kappa shape index (κ2) is 9.35. The number of hydrogen-bond acceptors (Lipinski definition) is 5. The Labute approximate surface area is 196 Å². The number of carbonyl (C=O) groups excluding carboxylic acids is 1. The standard InChI is InChI=1S/C27H35N3O3/c1-33-24-9-5-8-22(25(24)31)20-28-12-10-27(11-13-28)18-23(27)26(32)30-16-14-29(15-17-30)19-21-6-3-2-4-7-21/h2-9,23,31H,10-20H2,1H3/t23-/m0/s1. The zero-order chi connectivity index (χ0) is 22.8. The molecule has 2 saturated heterocycles. The van der Waals surface area contributed by atoms with Crippen molar-refractivity contribution >= 4 is 5.91 Å². The van der Waals surface area contributed by atoms with Gasteiger partial charge >= 0.3 is 0 Å². The molecule has 1 amide bonds. The topological polar surface area (TPSA) is 56.2 Å². The van der Waals surface area contributed by atoms with E-state index in [1.54, 1.807) is 13.2 Å². The molecule has 176 valence electrons. The number of nitrogens with zero attached hydrogens (tertiary/aromatic N) is 3. The second-order valence-electron chi connectivity index (χ2n) is 9.95. The molecule has 33 heavy (non-hydrogen) atoms. The maximum absolute atomic E-state index is 13.2. The number of aromatic hydroxyl groups is 1. The third-order valence-corrected chi connectivity index (χ3v) is 7.97. The van der Waals surface area contributed by atoms with Crippen LogP contribution in [0, 0.1) is 11.3 Å². The minimum absolute atomic E-state index is 0.213. The highest BCUT2D eigenvalue weighted by Gasteiger charge is 2.59. The number of ether oxygens (including phenoxy) is 1. The number of para-hydroxylation sites is 1. The number of piperidine rings is 1. The fourth-order valence-corrected chi connectivity index (χ4v) is 5.70. The van der Waals surface area contributed by atoms with E-state index in [4.69, 9.17) is 4.74 Å². The molecule has 2 aromatic rings. The number of amides is 1. The molecule has 1 spiro atoms. The highest BCUT2D eigenvalue weighted by Crippen LogP contribution is 2.60. The molecule has 2 aliphatic heterocycles. The highest BCUT2D eigenvalue weighted by atomic mass is 16.5. The summed E-state index contributed by atoms with van der Waals surface area (Å²) in [6.07, 6.45) is 3.19. The van der Waals surface area contributed by atoms with Crippen LogP contribution in [0.15, 0.2) is 48.5 Å². The van der Waals surface area contributed by atoms with Gasteiger partial charge in [-0.1, -0.05) is 42.5 Å². The Hall–Kier alpha value is -2.57. The first-order valence-corrected chi connectivity index (χ1v) is 12.2. The number of likely N-dealkylation sites (tertiary alicyclic amines) is 1. The van der Waals surface area contributed by atoms with Gasteiger partial charge in [-0.3, -0.25) is 14.6 Å². The lowest BCUT2D eigenvalue weighted by Gasteiger charge is -2.36. The summed E-state index contributed by atoms with van der Waals surface area (Å²) in [5.74, 6) is 1.36. The predicted molar refractivity (Wildman–Crippen MR) is 128 cm³/mol. The first-order valence-electron chi connectivity index (χ1n) is 12.2. The molecule has 1 atom stereocenters. The minimum Gasteiger partial charge on any atom is -0.504 e. The molecule has 1 aliphatic carbocycles. The number of benzene rings is 2. The van der Waals surface area contributed by atoms with Crippen LogP contribution in [0.25, 0.3) is 0 Å². The SMILES string of the molecule is COc1cccc(CN2CCC3(CC2)C[C@H]3C(=O)N2CCN(Cc3ccccc3)CC2)c1O. The number of phenols is 1. The normalized spacial score (nSPS) is 22.9. The molecule has 1 N–H and O–H groups in total. The third-order valence-electron chi connectivity index (χ3n) is 7.97. The van der Waals surface area contributed by atoms with Gasteiger partial charge < -0.3 is 14.7 Å². The van der Waals surface area contributed by atoms with Gasteiger partial charge in [-0.15, -0.1) is 0 Å². The van der Waals surface area contributed by atoms with Crippen molar-refractivity contribution in [3.8, 4) is 11.5 Å². The average molecular weight is 450 g/mol. The number of carbonyl (C=O) groups is 1. The van der Waals surface area contributed by atoms with Gasteiger partial charge in [-0.25, -0.2) is 0 Å². The van der Waals surface area contributed by atoms with Crippen molar-refractivity contribution < 1.29 is 14.6 Å². The quantitative estimate of drug-likeness (QED) is 0.733. The molecule has 2 aromatic carbocycles. The summed E-state index contributed by atoms with van der Waals surface area (Å²) >= 11 is 0. The molecule has 0 radical (unpaired) electrons. The monoisotopic (exact) mass is 449 g/mol. The van der Waals surface area contributed by atoms with Crippen LogP contribution in [-0.4, -0.2) is 72.1 Å². The van der Waals surface area contributed by atoms with Crippen molar-refractivity contribution in [2.45, 2.75) is 32.4 Å². The number of piperazine rings is 1. The molecule has 0 unspecified atom stereocenters. The van der Waals surface area contributed by atoms with Gasteiger partial charge in [-0.2, -0.15) is 0 Å². The van der Waals surface area contributed by atoms with E-state index >= 15 is 0 Å². The van der Waals surface area contributed by atoms with Crippen molar-refractivity contribution in [1.82, 2.24) is 14.7 Å². The largest absolute Gasteiger partial charge is 0.504 e. The van der Waals surface area contributed by atoms with Gasteiger partial charge in [0.05, 0.1) is 7.11 Å². The average Bonchev–Trinajstić information content (AvgIpc) is 3.56. The molecule has 3 aliphatic rings. The minimum atomic E-state index is 0.213. The van der Waals surface area contributed by atoms with E-state index in [-0.39, 0.29) is 17.1 Å². The third kappa shape index (κ3) is 4.73. The molecule has 6 nitrogen and oxygen atoms in total. The lowest BCUT2D eigenvalue weighted by atomic mass is 9.90. The van der Waals surface area contributed by atoms with E-state index in [1.807, 2.05) is 12.1 Å². The van der Waals surface area contributed by atoms with Gasteiger partial charge in [-0.05, 0) is 49.4 Å². The van der Waals surface area contributed by atoms with Crippen LogP contribution in [0.5, 0.6) is 11.5 Å². The van der Waals surface area contributed by atoms with Crippen LogP contribution in [-0.2, 0) is 17.9 Å².